The summed E-state index contributed by atoms with van der Waals surface area (Å²) in [5.74, 6) is -1.13. The Hall–Kier alpha value is -1.26. The van der Waals surface area contributed by atoms with Crippen LogP contribution in [0.25, 0.3) is 6.08 Å². The van der Waals surface area contributed by atoms with Crippen molar-refractivity contribution in [2.24, 2.45) is 0 Å². The zero-order valence-electron chi connectivity index (χ0n) is 9.17. The normalized spacial score (nSPS) is 11.2. The second-order valence-electron chi connectivity index (χ2n) is 3.30. The molecule has 0 aliphatic rings. The van der Waals surface area contributed by atoms with Gasteiger partial charge in [-0.3, -0.25) is 0 Å². The van der Waals surface area contributed by atoms with Gasteiger partial charge in [-0.25, -0.2) is 8.78 Å². The molecular formula is C12H15F2NO. The molecule has 0 amide bonds. The molecule has 0 aromatic heterocycles. The number of hydrogen-bond acceptors (Lipinski definition) is 2. The molecule has 1 rings (SSSR count). The van der Waals surface area contributed by atoms with Gasteiger partial charge in [0, 0.05) is 26.3 Å². The van der Waals surface area contributed by atoms with Gasteiger partial charge in [0.05, 0.1) is 6.61 Å². The van der Waals surface area contributed by atoms with Gasteiger partial charge in [0.2, 0.25) is 0 Å². The summed E-state index contributed by atoms with van der Waals surface area (Å²) in [5, 5.41) is 3.09. The van der Waals surface area contributed by atoms with Crippen LogP contribution in [-0.2, 0) is 4.74 Å². The van der Waals surface area contributed by atoms with Crippen LogP contribution >= 0.6 is 0 Å². The lowest BCUT2D eigenvalue weighted by atomic mass is 10.2. The first-order valence-corrected chi connectivity index (χ1v) is 5.04. The van der Waals surface area contributed by atoms with E-state index in [2.05, 4.69) is 5.32 Å². The Labute approximate surface area is 93.9 Å². The van der Waals surface area contributed by atoms with Crippen molar-refractivity contribution in [3.05, 3.63) is 41.5 Å². The maximum absolute atomic E-state index is 12.8. The number of rotatable bonds is 6. The number of nitrogens with one attached hydrogen (secondary N) is 1. The van der Waals surface area contributed by atoms with Crippen molar-refractivity contribution >= 4 is 6.08 Å². The van der Waals surface area contributed by atoms with Crippen LogP contribution in [0.1, 0.15) is 5.56 Å². The first-order valence-electron chi connectivity index (χ1n) is 5.04. The molecule has 1 N–H and O–H groups in total. The highest BCUT2D eigenvalue weighted by atomic mass is 19.1. The maximum atomic E-state index is 12.8. The fourth-order valence-corrected chi connectivity index (χ4v) is 1.23. The highest BCUT2D eigenvalue weighted by Crippen LogP contribution is 2.08. The van der Waals surface area contributed by atoms with E-state index in [1.807, 2.05) is 6.08 Å². The first kappa shape index (κ1) is 12.8. The van der Waals surface area contributed by atoms with E-state index in [-0.39, 0.29) is 0 Å². The van der Waals surface area contributed by atoms with Crippen molar-refractivity contribution in [3.8, 4) is 0 Å². The zero-order chi connectivity index (χ0) is 11.8. The van der Waals surface area contributed by atoms with Crippen molar-refractivity contribution in [2.75, 3.05) is 26.8 Å². The number of benzene rings is 1. The molecule has 0 atom stereocenters. The monoisotopic (exact) mass is 227 g/mol. The zero-order valence-corrected chi connectivity index (χ0v) is 9.17. The fraction of sp³-hybridized carbons (Fsp3) is 0.333. The third kappa shape index (κ3) is 5.00. The molecule has 2 nitrogen and oxygen atoms in total. The Morgan fingerprint density at radius 1 is 1.25 bits per heavy atom. The molecule has 16 heavy (non-hydrogen) atoms. The van der Waals surface area contributed by atoms with Gasteiger partial charge < -0.3 is 10.1 Å². The van der Waals surface area contributed by atoms with Crippen LogP contribution in [0.2, 0.25) is 0 Å². The van der Waals surface area contributed by atoms with Crippen LogP contribution in [0.15, 0.2) is 24.3 Å². The number of halogens is 2. The molecule has 0 aliphatic heterocycles. The molecule has 1 aromatic carbocycles. The van der Waals surface area contributed by atoms with Gasteiger partial charge in [0.15, 0.2) is 0 Å². The quantitative estimate of drug-likeness (QED) is 0.752. The van der Waals surface area contributed by atoms with Gasteiger partial charge in [0.1, 0.15) is 11.6 Å². The lowest BCUT2D eigenvalue weighted by Crippen LogP contribution is -2.18. The summed E-state index contributed by atoms with van der Waals surface area (Å²) in [5.41, 5.74) is 0.519. The van der Waals surface area contributed by atoms with Gasteiger partial charge >= 0.3 is 0 Å². The van der Waals surface area contributed by atoms with E-state index in [1.165, 1.54) is 12.1 Å². The van der Waals surface area contributed by atoms with Crippen molar-refractivity contribution in [3.63, 3.8) is 0 Å². The topological polar surface area (TPSA) is 21.3 Å². The molecule has 0 saturated carbocycles. The van der Waals surface area contributed by atoms with Crippen LogP contribution in [0.4, 0.5) is 8.78 Å². The van der Waals surface area contributed by atoms with Crippen LogP contribution in [0.3, 0.4) is 0 Å². The molecule has 0 aliphatic carbocycles. The van der Waals surface area contributed by atoms with Crippen LogP contribution in [0.5, 0.6) is 0 Å². The van der Waals surface area contributed by atoms with Crippen molar-refractivity contribution in [2.45, 2.75) is 0 Å². The highest BCUT2D eigenvalue weighted by molar-refractivity contribution is 5.49. The molecule has 0 spiro atoms. The lowest BCUT2D eigenvalue weighted by molar-refractivity contribution is 0.200. The largest absolute Gasteiger partial charge is 0.383 e. The van der Waals surface area contributed by atoms with Gasteiger partial charge in [0.25, 0.3) is 0 Å². The standard InChI is InChI=1S/C12H15F2NO/c1-16-6-5-15-4-2-3-10-7-11(13)9-12(14)8-10/h2-3,7-9,15H,4-6H2,1H3/b3-2+. The minimum absolute atomic E-state index is 0.519. The summed E-state index contributed by atoms with van der Waals surface area (Å²) >= 11 is 0. The molecule has 0 fully saturated rings. The Kier molecular flexibility index (Phi) is 5.67. The Balaban J connectivity index is 2.37. The summed E-state index contributed by atoms with van der Waals surface area (Å²) in [6, 6.07) is 3.43. The van der Waals surface area contributed by atoms with Crippen molar-refractivity contribution < 1.29 is 13.5 Å². The molecule has 0 saturated heterocycles. The summed E-state index contributed by atoms with van der Waals surface area (Å²) in [6.45, 7) is 2.03. The van der Waals surface area contributed by atoms with Gasteiger partial charge in [-0.2, -0.15) is 0 Å². The Morgan fingerprint density at radius 2 is 1.94 bits per heavy atom. The third-order valence-electron chi connectivity index (χ3n) is 1.94. The number of hydrogen-bond donors (Lipinski definition) is 1. The van der Waals surface area contributed by atoms with Gasteiger partial charge in [-0.15, -0.1) is 0 Å². The predicted molar refractivity (Wildman–Crippen MR) is 60.1 cm³/mol. The highest BCUT2D eigenvalue weighted by Gasteiger charge is 1.96. The Morgan fingerprint density at radius 3 is 2.56 bits per heavy atom. The van der Waals surface area contributed by atoms with Crippen molar-refractivity contribution in [1.82, 2.24) is 5.32 Å². The van der Waals surface area contributed by atoms with Crippen LogP contribution in [0, 0.1) is 11.6 Å². The molecule has 0 bridgehead atoms. The summed E-state index contributed by atoms with van der Waals surface area (Å²) < 4.78 is 30.4. The molecule has 88 valence electrons. The molecule has 0 heterocycles. The summed E-state index contributed by atoms with van der Waals surface area (Å²) in [6.07, 6.45) is 3.48. The van der Waals surface area contributed by atoms with Crippen LogP contribution in [-0.4, -0.2) is 26.8 Å². The van der Waals surface area contributed by atoms with Crippen molar-refractivity contribution in [1.29, 1.82) is 0 Å². The smallest absolute Gasteiger partial charge is 0.126 e. The van der Waals surface area contributed by atoms with E-state index in [4.69, 9.17) is 4.74 Å². The second kappa shape index (κ2) is 7.09. The average Bonchev–Trinajstić information content (AvgIpc) is 2.22. The molecule has 1 aromatic rings. The van der Waals surface area contributed by atoms with Gasteiger partial charge in [-0.05, 0) is 17.7 Å². The Bertz CT molecular complexity index is 333. The minimum atomic E-state index is -0.563. The number of ether oxygens (including phenoxy) is 1. The van der Waals surface area contributed by atoms with E-state index in [0.717, 1.165) is 12.6 Å². The molecule has 4 heteroatoms. The molecular weight excluding hydrogens is 212 g/mol. The minimum Gasteiger partial charge on any atom is -0.383 e. The average molecular weight is 227 g/mol. The lowest BCUT2D eigenvalue weighted by Gasteiger charge is -1.99. The van der Waals surface area contributed by atoms with E-state index >= 15 is 0 Å². The van der Waals surface area contributed by atoms with E-state index in [9.17, 15) is 8.78 Å². The fourth-order valence-electron chi connectivity index (χ4n) is 1.23. The van der Waals surface area contributed by atoms with Gasteiger partial charge in [-0.1, -0.05) is 12.2 Å². The molecule has 0 unspecified atom stereocenters. The third-order valence-corrected chi connectivity index (χ3v) is 1.94. The first-order chi connectivity index (χ1) is 7.72. The van der Waals surface area contributed by atoms with E-state index in [1.54, 1.807) is 13.2 Å². The van der Waals surface area contributed by atoms with Crippen LogP contribution < -0.4 is 5.32 Å². The SMILES string of the molecule is COCCNC/C=C/c1cc(F)cc(F)c1. The van der Waals surface area contributed by atoms with E-state index in [0.29, 0.717) is 18.7 Å². The predicted octanol–water partition coefficient (Wildman–Crippen LogP) is 2.21. The maximum Gasteiger partial charge on any atom is 0.126 e. The second-order valence-corrected chi connectivity index (χ2v) is 3.30. The summed E-state index contributed by atoms with van der Waals surface area (Å²) in [4.78, 5) is 0. The summed E-state index contributed by atoms with van der Waals surface area (Å²) in [7, 11) is 1.63. The number of methoxy groups -OCH3 is 1. The van der Waals surface area contributed by atoms with E-state index < -0.39 is 11.6 Å². The molecule has 0 radical (unpaired) electrons.